The van der Waals surface area contributed by atoms with Gasteiger partial charge in [-0.2, -0.15) is 0 Å². The van der Waals surface area contributed by atoms with Crippen molar-refractivity contribution in [2.24, 2.45) is 0 Å². The quantitative estimate of drug-likeness (QED) is 0.531. The van der Waals surface area contributed by atoms with E-state index in [0.717, 1.165) is 48.6 Å². The van der Waals surface area contributed by atoms with E-state index in [0.29, 0.717) is 0 Å². The summed E-state index contributed by atoms with van der Waals surface area (Å²) in [4.78, 5) is 15.1. The van der Waals surface area contributed by atoms with E-state index in [1.54, 1.807) is 0 Å². The van der Waals surface area contributed by atoms with Gasteiger partial charge in [-0.15, -0.1) is 0 Å². The van der Waals surface area contributed by atoms with Crippen molar-refractivity contribution in [2.45, 2.75) is 31.5 Å². The van der Waals surface area contributed by atoms with E-state index in [9.17, 15) is 4.79 Å². The number of piperidine rings is 1. The molecule has 0 unspecified atom stereocenters. The highest BCUT2D eigenvalue weighted by atomic mass is 35.5. The molecule has 3 aromatic carbocycles. The van der Waals surface area contributed by atoms with Crippen molar-refractivity contribution in [3.63, 3.8) is 0 Å². The topological polar surface area (TPSA) is 41.6 Å². The van der Waals surface area contributed by atoms with Crippen LogP contribution in [-0.2, 0) is 11.3 Å². The minimum atomic E-state index is -0.367. The number of hydrogen-bond acceptors (Lipinski definition) is 3. The lowest BCUT2D eigenvalue weighted by Gasteiger charge is -2.32. The summed E-state index contributed by atoms with van der Waals surface area (Å²) in [6, 6.07) is 27.7. The van der Waals surface area contributed by atoms with E-state index < -0.39 is 0 Å². The molecule has 1 amide bonds. The number of alkyl carbamates (subject to hydrolysis) is 1. The van der Waals surface area contributed by atoms with Crippen LogP contribution in [0.4, 0.5) is 4.79 Å². The molecule has 0 aromatic heterocycles. The standard InChI is InChI=1S/C26H27ClN2O2/c27-23-13-11-20(12-14-23)19-29-17-15-24(16-18-29)31-26(30)28-25(21-7-3-1-4-8-21)22-9-5-2-6-10-22/h1-14,24-25H,15-19H2,(H,28,30). The van der Waals surface area contributed by atoms with Crippen LogP contribution >= 0.6 is 11.6 Å². The fraction of sp³-hybridized carbons (Fsp3) is 0.269. The summed E-state index contributed by atoms with van der Waals surface area (Å²) in [5.74, 6) is 0. The molecule has 1 aliphatic rings. The van der Waals surface area contributed by atoms with Crippen molar-refractivity contribution >= 4 is 17.7 Å². The summed E-state index contributed by atoms with van der Waals surface area (Å²) in [5.41, 5.74) is 3.31. The van der Waals surface area contributed by atoms with Crippen LogP contribution in [0.15, 0.2) is 84.9 Å². The first kappa shape index (κ1) is 21.4. The van der Waals surface area contributed by atoms with Crippen LogP contribution in [0.2, 0.25) is 5.02 Å². The maximum absolute atomic E-state index is 12.7. The maximum Gasteiger partial charge on any atom is 0.408 e. The van der Waals surface area contributed by atoms with Crippen molar-refractivity contribution in [3.8, 4) is 0 Å². The van der Waals surface area contributed by atoms with Crippen molar-refractivity contribution < 1.29 is 9.53 Å². The molecule has 1 saturated heterocycles. The van der Waals surface area contributed by atoms with Gasteiger partial charge >= 0.3 is 6.09 Å². The van der Waals surface area contributed by atoms with Crippen molar-refractivity contribution in [3.05, 3.63) is 107 Å². The van der Waals surface area contributed by atoms with Gasteiger partial charge in [0.2, 0.25) is 0 Å². The minimum absolute atomic E-state index is 0.0614. The SMILES string of the molecule is O=C(NC(c1ccccc1)c1ccccc1)OC1CCN(Cc2ccc(Cl)cc2)CC1. The lowest BCUT2D eigenvalue weighted by atomic mass is 9.99. The number of carbonyl (C=O) groups is 1. The molecule has 1 N–H and O–H groups in total. The molecule has 160 valence electrons. The van der Waals surface area contributed by atoms with E-state index in [-0.39, 0.29) is 18.2 Å². The lowest BCUT2D eigenvalue weighted by molar-refractivity contribution is 0.0476. The second-order valence-corrected chi connectivity index (χ2v) is 8.34. The Bertz CT molecular complexity index is 916. The van der Waals surface area contributed by atoms with Gasteiger partial charge in [0.05, 0.1) is 6.04 Å². The van der Waals surface area contributed by atoms with Crippen LogP contribution in [0.1, 0.15) is 35.6 Å². The fourth-order valence-electron chi connectivity index (χ4n) is 3.99. The Hall–Kier alpha value is -2.82. The van der Waals surface area contributed by atoms with Gasteiger partial charge in [-0.25, -0.2) is 4.79 Å². The number of nitrogens with zero attached hydrogens (tertiary/aromatic N) is 1. The Morgan fingerprint density at radius 2 is 1.45 bits per heavy atom. The molecule has 0 spiro atoms. The summed E-state index contributed by atoms with van der Waals surface area (Å²) in [5, 5.41) is 3.82. The van der Waals surface area contributed by atoms with Gasteiger partial charge < -0.3 is 10.1 Å². The summed E-state index contributed by atoms with van der Waals surface area (Å²) in [6.45, 7) is 2.70. The van der Waals surface area contributed by atoms with E-state index in [2.05, 4.69) is 22.3 Å². The summed E-state index contributed by atoms with van der Waals surface area (Å²) in [6.07, 6.45) is 1.24. The van der Waals surface area contributed by atoms with Gasteiger partial charge in [-0.3, -0.25) is 4.90 Å². The molecule has 4 rings (SSSR count). The van der Waals surface area contributed by atoms with Gasteiger partial charge in [-0.1, -0.05) is 84.4 Å². The molecular formula is C26H27ClN2O2. The van der Waals surface area contributed by atoms with Crippen molar-refractivity contribution in [2.75, 3.05) is 13.1 Å². The monoisotopic (exact) mass is 434 g/mol. The number of likely N-dealkylation sites (tertiary alicyclic amines) is 1. The molecule has 1 heterocycles. The highest BCUT2D eigenvalue weighted by Gasteiger charge is 2.24. The van der Waals surface area contributed by atoms with Crippen LogP contribution in [0, 0.1) is 0 Å². The average molecular weight is 435 g/mol. The fourth-order valence-corrected chi connectivity index (χ4v) is 4.11. The van der Waals surface area contributed by atoms with Gasteiger partial charge in [0.15, 0.2) is 0 Å². The third kappa shape index (κ3) is 6.09. The highest BCUT2D eigenvalue weighted by Crippen LogP contribution is 2.23. The Labute approximate surface area is 188 Å². The van der Waals surface area contributed by atoms with Gasteiger partial charge in [0.25, 0.3) is 0 Å². The molecule has 5 heteroatoms. The largest absolute Gasteiger partial charge is 0.446 e. The predicted molar refractivity (Wildman–Crippen MR) is 124 cm³/mol. The number of hydrogen-bond donors (Lipinski definition) is 1. The maximum atomic E-state index is 12.7. The second kappa shape index (κ2) is 10.5. The van der Waals surface area contributed by atoms with Crippen LogP contribution in [0.25, 0.3) is 0 Å². The molecule has 0 radical (unpaired) electrons. The number of halogens is 1. The third-order valence-corrected chi connectivity index (χ3v) is 5.91. The molecule has 0 saturated carbocycles. The predicted octanol–water partition coefficient (Wildman–Crippen LogP) is 5.82. The first-order valence-corrected chi connectivity index (χ1v) is 11.1. The Balaban J connectivity index is 1.31. The Morgan fingerprint density at radius 3 is 2.00 bits per heavy atom. The van der Waals surface area contributed by atoms with E-state index in [1.807, 2.05) is 72.8 Å². The van der Waals surface area contributed by atoms with Gasteiger partial charge in [0.1, 0.15) is 6.10 Å². The summed E-state index contributed by atoms with van der Waals surface area (Å²) >= 11 is 5.97. The van der Waals surface area contributed by atoms with E-state index in [1.165, 1.54) is 5.56 Å². The molecule has 1 aliphatic heterocycles. The Kier molecular flexibility index (Phi) is 7.23. The number of benzene rings is 3. The number of ether oxygens (including phenoxy) is 1. The van der Waals surface area contributed by atoms with Gasteiger partial charge in [0, 0.05) is 24.7 Å². The molecular weight excluding hydrogens is 408 g/mol. The van der Waals surface area contributed by atoms with Crippen molar-refractivity contribution in [1.82, 2.24) is 10.2 Å². The number of carbonyl (C=O) groups excluding carboxylic acids is 1. The van der Waals surface area contributed by atoms with Crippen LogP contribution in [0.3, 0.4) is 0 Å². The number of rotatable bonds is 6. The zero-order chi connectivity index (χ0) is 21.5. The van der Waals surface area contributed by atoms with Crippen molar-refractivity contribution in [1.29, 1.82) is 0 Å². The zero-order valence-corrected chi connectivity index (χ0v) is 18.2. The smallest absolute Gasteiger partial charge is 0.408 e. The Morgan fingerprint density at radius 1 is 0.903 bits per heavy atom. The molecule has 0 atom stereocenters. The number of nitrogens with one attached hydrogen (secondary N) is 1. The molecule has 3 aromatic rings. The first-order chi connectivity index (χ1) is 15.2. The van der Waals surface area contributed by atoms with Crippen LogP contribution < -0.4 is 5.32 Å². The number of amides is 1. The highest BCUT2D eigenvalue weighted by molar-refractivity contribution is 6.30. The van der Waals surface area contributed by atoms with Gasteiger partial charge in [-0.05, 0) is 41.7 Å². The third-order valence-electron chi connectivity index (χ3n) is 5.66. The van der Waals surface area contributed by atoms with Crippen LogP contribution in [-0.4, -0.2) is 30.2 Å². The summed E-state index contributed by atoms with van der Waals surface area (Å²) < 4.78 is 5.78. The van der Waals surface area contributed by atoms with E-state index in [4.69, 9.17) is 16.3 Å². The second-order valence-electron chi connectivity index (χ2n) is 7.91. The molecule has 31 heavy (non-hydrogen) atoms. The average Bonchev–Trinajstić information content (AvgIpc) is 2.81. The normalized spacial score (nSPS) is 15.0. The molecule has 0 aliphatic carbocycles. The minimum Gasteiger partial charge on any atom is -0.446 e. The molecule has 4 nitrogen and oxygen atoms in total. The molecule has 0 bridgehead atoms. The van der Waals surface area contributed by atoms with Crippen LogP contribution in [0.5, 0.6) is 0 Å². The zero-order valence-electron chi connectivity index (χ0n) is 17.4. The first-order valence-electron chi connectivity index (χ1n) is 10.7. The summed E-state index contributed by atoms with van der Waals surface area (Å²) in [7, 11) is 0. The van der Waals surface area contributed by atoms with E-state index >= 15 is 0 Å². The lowest BCUT2D eigenvalue weighted by Crippen LogP contribution is -2.40. The molecule has 1 fully saturated rings.